The zero-order chi connectivity index (χ0) is 78.0. The van der Waals surface area contributed by atoms with Gasteiger partial charge >= 0.3 is 5.97 Å². The van der Waals surface area contributed by atoms with Crippen LogP contribution in [0.3, 0.4) is 0 Å². The summed E-state index contributed by atoms with van der Waals surface area (Å²) in [5.41, 5.74) is 0. The van der Waals surface area contributed by atoms with Crippen LogP contribution >= 0.6 is 0 Å². The Morgan fingerprint density at radius 3 is 1.43 bits per heavy atom. The summed E-state index contributed by atoms with van der Waals surface area (Å²) in [5.74, 6) is -7.80. The van der Waals surface area contributed by atoms with Crippen LogP contribution in [0.1, 0.15) is 194 Å². The number of rotatable bonds is 51. The van der Waals surface area contributed by atoms with Crippen molar-refractivity contribution in [1.29, 1.82) is 0 Å². The van der Waals surface area contributed by atoms with Crippen molar-refractivity contribution in [1.82, 2.24) is 16.0 Å². The minimum atomic E-state index is -3.26. The summed E-state index contributed by atoms with van der Waals surface area (Å²) in [4.78, 5) is 51.7. The predicted octanol–water partition coefficient (Wildman–Crippen LogP) is -2.85. The fraction of sp³-hybridized carbons (Fsp3) is 0.915. The lowest BCUT2D eigenvalue weighted by molar-refractivity contribution is -0.390. The van der Waals surface area contributed by atoms with Crippen LogP contribution in [0.4, 0.5) is 0 Å². The number of aliphatic hydroxyl groups is 17. The highest BCUT2D eigenvalue weighted by Crippen LogP contribution is 2.40. The van der Waals surface area contributed by atoms with E-state index in [-0.39, 0.29) is 12.3 Å². The Hall–Kier alpha value is -3.46. The van der Waals surface area contributed by atoms with Gasteiger partial charge in [0.15, 0.2) is 25.2 Å². The van der Waals surface area contributed by atoms with Gasteiger partial charge in [0.25, 0.3) is 5.79 Å². The highest BCUT2D eigenvalue weighted by molar-refractivity contribution is 5.78. The molecule has 21 N–H and O–H groups in total. The van der Waals surface area contributed by atoms with Gasteiger partial charge in [-0.05, 0) is 19.3 Å². The van der Waals surface area contributed by atoms with Crippen molar-refractivity contribution >= 4 is 23.7 Å². The minimum absolute atomic E-state index is 0.169. The van der Waals surface area contributed by atoms with Gasteiger partial charge < -0.3 is 155 Å². The Morgan fingerprint density at radius 2 is 0.953 bits per heavy atom. The predicted molar refractivity (Wildman–Crippen MR) is 371 cm³/mol. The Bertz CT molecular complexity index is 2490. The van der Waals surface area contributed by atoms with Crippen LogP contribution in [0.2, 0.25) is 0 Å². The molecule has 0 bridgehead atoms. The van der Waals surface area contributed by atoms with Gasteiger partial charge in [0.05, 0.1) is 63.9 Å². The number of aliphatic hydroxyl groups excluding tert-OH is 17. The lowest BCUT2D eigenvalue weighted by Gasteiger charge is -2.51. The molecule has 35 heteroatoms. The number of aliphatic carboxylic acids is 1. The second kappa shape index (κ2) is 49.1. The third-order valence-corrected chi connectivity index (χ3v) is 20.2. The number of carbonyl (C=O) groups is 4. The SMILES string of the molecule is CCCCCCCCCCCCC/C=C/[C@@H](O)[C@H](CO[C@@H]1OC(CO)[C@@H](O[C@@H]2OC(CO)[C@H](O)[C@H](O[C@@H]3OC(CO)[C@@H](O[C@@H]4OC(CO)[C@H](O)[C@H](O[C@]5(C(=O)O)CC(O)[C@@H](NC(=O)CO)C([C@H](O)[C@H](O)CO)O5)C4O)[C@H](O)C3NC(C)=O)C2O)[C@H](O)C1O)NC(=O)CCCCCCCCCCCCCCC. The van der Waals surface area contributed by atoms with E-state index in [1.165, 1.54) is 96.3 Å². The van der Waals surface area contributed by atoms with E-state index in [0.717, 1.165) is 58.3 Å². The van der Waals surface area contributed by atoms with E-state index in [0.29, 0.717) is 12.8 Å². The number of ether oxygens (including phenoxy) is 10. The van der Waals surface area contributed by atoms with Crippen molar-refractivity contribution < 1.29 is 158 Å². The van der Waals surface area contributed by atoms with Gasteiger partial charge in [-0.3, -0.25) is 14.4 Å². The first kappa shape index (κ1) is 93.1. The molecule has 5 rings (SSSR count). The summed E-state index contributed by atoms with van der Waals surface area (Å²) < 4.78 is 58.6. The van der Waals surface area contributed by atoms with E-state index in [1.54, 1.807) is 6.08 Å². The fourth-order valence-corrected chi connectivity index (χ4v) is 14.0. The van der Waals surface area contributed by atoms with Crippen LogP contribution in [0.25, 0.3) is 0 Å². The monoisotopic (exact) mass is 1530 g/mol. The number of hydrogen-bond donors (Lipinski definition) is 21. The van der Waals surface area contributed by atoms with Crippen LogP contribution < -0.4 is 16.0 Å². The maximum Gasteiger partial charge on any atom is 0.364 e. The molecule has 3 amide bonds. The zero-order valence-electron chi connectivity index (χ0n) is 61.6. The van der Waals surface area contributed by atoms with Gasteiger partial charge in [0.2, 0.25) is 17.7 Å². The van der Waals surface area contributed by atoms with Crippen LogP contribution in [-0.4, -0.2) is 333 Å². The highest BCUT2D eigenvalue weighted by atomic mass is 16.8. The number of unbranched alkanes of at least 4 members (excludes halogenated alkanes) is 23. The molecule has 0 aromatic carbocycles. The quantitative estimate of drug-likeness (QED) is 0.0215. The molecule has 5 fully saturated rings. The topological polar surface area (TPSA) is 561 Å². The van der Waals surface area contributed by atoms with Gasteiger partial charge in [-0.2, -0.15) is 0 Å². The number of carbonyl (C=O) groups excluding carboxylic acids is 3. The van der Waals surface area contributed by atoms with E-state index < -0.39 is 242 Å². The first-order valence-electron chi connectivity index (χ1n) is 38.3. The lowest BCUT2D eigenvalue weighted by Crippen LogP contribution is -2.71. The largest absolute Gasteiger partial charge is 0.477 e. The van der Waals surface area contributed by atoms with Crippen LogP contribution in [-0.2, 0) is 66.5 Å². The van der Waals surface area contributed by atoms with Crippen LogP contribution in [0.5, 0.6) is 0 Å². The summed E-state index contributed by atoms with van der Waals surface area (Å²) >= 11 is 0. The first-order chi connectivity index (χ1) is 50.8. The number of allylic oxidation sites excluding steroid dienone is 1. The highest BCUT2D eigenvalue weighted by Gasteiger charge is 2.61. The molecule has 5 aliphatic rings. The number of hydrogen-bond acceptors (Lipinski definition) is 31. The molecular weight excluding hydrogens is 1410 g/mol. The Balaban J connectivity index is 1.27. The van der Waals surface area contributed by atoms with Gasteiger partial charge in [-0.1, -0.05) is 167 Å². The number of amides is 3. The van der Waals surface area contributed by atoms with Crippen LogP contribution in [0.15, 0.2) is 12.2 Å². The third kappa shape index (κ3) is 28.0. The van der Waals surface area contributed by atoms with Crippen molar-refractivity contribution in [2.45, 2.75) is 365 Å². The molecule has 5 aliphatic heterocycles. The molecule has 35 nitrogen and oxygen atoms in total. The van der Waals surface area contributed by atoms with Crippen LogP contribution in [0, 0.1) is 0 Å². The van der Waals surface area contributed by atoms with E-state index in [9.17, 15) is 111 Å². The van der Waals surface area contributed by atoms with E-state index in [2.05, 4.69) is 29.8 Å². The van der Waals surface area contributed by atoms with Crippen molar-refractivity contribution in [3.8, 4) is 0 Å². The van der Waals surface area contributed by atoms with Gasteiger partial charge in [0.1, 0.15) is 123 Å². The molecule has 0 aliphatic carbocycles. The molecule has 106 heavy (non-hydrogen) atoms. The number of nitrogens with one attached hydrogen (secondary N) is 3. The van der Waals surface area contributed by atoms with Crippen molar-refractivity contribution in [3.05, 3.63) is 12.2 Å². The zero-order valence-corrected chi connectivity index (χ0v) is 61.6. The molecule has 10 unspecified atom stereocenters. The Morgan fingerprint density at radius 1 is 0.500 bits per heavy atom. The summed E-state index contributed by atoms with van der Waals surface area (Å²) in [6, 6.07) is -4.78. The van der Waals surface area contributed by atoms with E-state index in [4.69, 9.17) is 47.4 Å². The molecule has 0 spiro atoms. The number of carboxylic acids is 1. The van der Waals surface area contributed by atoms with E-state index in [1.807, 2.05) is 6.08 Å². The second-order valence-electron chi connectivity index (χ2n) is 28.6. The van der Waals surface area contributed by atoms with Crippen molar-refractivity contribution in [3.63, 3.8) is 0 Å². The third-order valence-electron chi connectivity index (χ3n) is 20.2. The smallest absolute Gasteiger partial charge is 0.364 e. The molecule has 5 heterocycles. The molecule has 28 atom stereocenters. The number of carboxylic acid groups (broad SMARTS) is 1. The Labute approximate surface area is 619 Å². The molecule has 618 valence electrons. The van der Waals surface area contributed by atoms with Crippen molar-refractivity contribution in [2.24, 2.45) is 0 Å². The minimum Gasteiger partial charge on any atom is -0.477 e. The molecule has 0 saturated carbocycles. The molecule has 5 saturated heterocycles. The van der Waals surface area contributed by atoms with E-state index >= 15 is 0 Å². The van der Waals surface area contributed by atoms with Gasteiger partial charge in [-0.25, -0.2) is 4.79 Å². The standard InChI is InChI=1S/C71H127N3O32/c1-4-6-8-10-12-14-16-18-20-22-24-26-28-30-42(82)41(73-49(85)31-29-27-25-23-21-19-17-15-13-11-9-7-5-2)39-97-67-58(92)57(91)62(48(37-79)101-67)103-68-59(93)64(54(88)45(34-76)98-68)104-66-52(72-40(3)81)56(90)61(47(36-78)100-66)102-69-60(94)65(55(89)46(35-77)99-69)106-71(70(95)96)32-43(83)51(74-50(86)38-80)63(105-71)53(87)44(84)33-75/h28,30,41-48,51-69,75-80,82-84,87-94H,4-27,29,31-39H2,1-3H3,(H,72,81)(H,73,85)(H,74,86)(H,95,96)/b30-28+/t41-,42+,43?,44+,45?,46?,47?,48?,51+,52?,53+,54-,55-,56+,57+,58?,59?,60?,61+,62+,63?,64-,65-,66-,67+,68-,69-,71-/m0/s1. The van der Waals surface area contributed by atoms with Gasteiger partial charge in [0, 0.05) is 19.8 Å². The van der Waals surface area contributed by atoms with Gasteiger partial charge in [-0.15, -0.1) is 0 Å². The summed E-state index contributed by atoms with van der Waals surface area (Å²) in [7, 11) is 0. The molecule has 0 radical (unpaired) electrons. The summed E-state index contributed by atoms with van der Waals surface area (Å²) in [6.07, 6.45) is -18.1. The average Bonchev–Trinajstić information content (AvgIpc) is 0.765. The normalized spacial score (nSPS) is 34.8. The fourth-order valence-electron chi connectivity index (χ4n) is 14.0. The second-order valence-corrected chi connectivity index (χ2v) is 28.6. The first-order valence-corrected chi connectivity index (χ1v) is 38.3. The molecular formula is C71H127N3O32. The van der Waals surface area contributed by atoms with Crippen molar-refractivity contribution in [2.75, 3.05) is 46.2 Å². The Kier molecular flexibility index (Phi) is 43.2. The molecule has 0 aromatic heterocycles. The molecule has 0 aromatic rings. The summed E-state index contributed by atoms with van der Waals surface area (Å²) in [6.45, 7) is -1.67. The maximum atomic E-state index is 13.5. The summed E-state index contributed by atoms with van der Waals surface area (Å²) in [5, 5.41) is 205. The average molecular weight is 1530 g/mol. The maximum absolute atomic E-state index is 13.5. The lowest BCUT2D eigenvalue weighted by atomic mass is 9.88.